The molecule has 0 saturated carbocycles. The molecule has 0 amide bonds. The van der Waals surface area contributed by atoms with Gasteiger partial charge in [-0.05, 0) is 0 Å². The molecule has 0 aromatic rings. The Morgan fingerprint density at radius 2 is 1.00 bits per heavy atom. The monoisotopic (exact) mass is 259 g/mol. The van der Waals surface area contributed by atoms with Gasteiger partial charge in [0.2, 0.25) is 0 Å². The van der Waals surface area contributed by atoms with Gasteiger partial charge in [-0.15, -0.1) is 24.8 Å². The summed E-state index contributed by atoms with van der Waals surface area (Å²) in [5.74, 6) is 1.42. The fourth-order valence-electron chi connectivity index (χ4n) is 0. The molecule has 0 spiro atoms. The maximum absolute atomic E-state index is 8.26. The van der Waals surface area contributed by atoms with Gasteiger partial charge in [-0.1, -0.05) is 0 Å². The molecule has 0 heterocycles. The van der Waals surface area contributed by atoms with Crippen molar-refractivity contribution in [2.75, 3.05) is 0 Å². The van der Waals surface area contributed by atoms with Gasteiger partial charge in [0.1, 0.15) is 0 Å². The molecule has 2 nitrogen and oxygen atoms in total. The molecule has 0 fully saturated rings. The zero-order valence-corrected chi connectivity index (χ0v) is 9.35. The van der Waals surface area contributed by atoms with Gasteiger partial charge in [0, 0.05) is 0 Å². The van der Waals surface area contributed by atoms with Crippen molar-refractivity contribution >= 4 is 24.8 Å². The molecule has 0 aliphatic carbocycles. The van der Waals surface area contributed by atoms with Crippen molar-refractivity contribution in [2.24, 2.45) is 0 Å². The quantitative estimate of drug-likeness (QED) is 0.486. The summed E-state index contributed by atoms with van der Waals surface area (Å²) in [5, 5.41) is 0. The van der Waals surface area contributed by atoms with E-state index in [2.05, 4.69) is 20.8 Å². The molecule has 0 unspecified atom stereocenters. The number of nitrogens with two attached hydrogens (primary N) is 1. The summed E-state index contributed by atoms with van der Waals surface area (Å²) in [6.45, 7) is 6.25. The molecule has 0 rings (SSSR count). The minimum atomic E-state index is 0. The van der Waals surface area contributed by atoms with Crippen LogP contribution in [0.5, 0.6) is 0 Å². The second kappa shape index (κ2) is 35.9. The number of hydrogen-bond acceptors (Lipinski definition) is 1. The van der Waals surface area contributed by atoms with Crippen molar-refractivity contribution in [3.05, 3.63) is 12.1 Å². The van der Waals surface area contributed by atoms with E-state index in [1.54, 1.807) is 0 Å². The van der Waals surface area contributed by atoms with Crippen LogP contribution in [0.2, 0.25) is 0 Å². The van der Waals surface area contributed by atoms with E-state index in [0.717, 1.165) is 0 Å². The number of rotatable bonds is 0. The maximum atomic E-state index is 8.26. The number of halogens is 2. The normalized spacial score (nSPS) is 4.44. The first kappa shape index (κ1) is 32.3. The van der Waals surface area contributed by atoms with Crippen molar-refractivity contribution in [3.63, 3.8) is 0 Å². The van der Waals surface area contributed by atoms with Gasteiger partial charge in [-0.2, -0.15) is 20.8 Å². The summed E-state index contributed by atoms with van der Waals surface area (Å²) in [4.78, 5) is 0. The summed E-state index contributed by atoms with van der Waals surface area (Å²) in [6, 6.07) is 0. The Morgan fingerprint density at radius 1 is 1.00 bits per heavy atom. The third-order valence-corrected chi connectivity index (χ3v) is 0. The van der Waals surface area contributed by atoms with Gasteiger partial charge in [0.15, 0.2) is 0 Å². The SMILES string of the molecule is C[C-](C)C.Cl.Cl.[NH2-].[O]=[Mo]. The third kappa shape index (κ3) is 422. The molecule has 0 aliphatic heterocycles. The average molecular weight is 258 g/mol. The molecule has 9 heavy (non-hydrogen) atoms. The van der Waals surface area contributed by atoms with Crippen molar-refractivity contribution in [1.29, 1.82) is 0 Å². The van der Waals surface area contributed by atoms with E-state index in [1.807, 2.05) is 0 Å². The van der Waals surface area contributed by atoms with Crippen molar-refractivity contribution in [2.45, 2.75) is 20.8 Å². The molecule has 5 heteroatoms. The first-order valence-electron chi connectivity index (χ1n) is 1.67. The average Bonchev–Trinajstić information content (AvgIpc) is 1.41. The van der Waals surface area contributed by atoms with E-state index in [-0.39, 0.29) is 31.0 Å². The van der Waals surface area contributed by atoms with Gasteiger partial charge in [-0.3, -0.25) is 0 Å². The van der Waals surface area contributed by atoms with Crippen molar-refractivity contribution in [3.8, 4) is 0 Å². The Bertz CT molecular complexity index is 29.8. The van der Waals surface area contributed by atoms with Gasteiger partial charge in [0.05, 0.1) is 0 Å². The molecule has 0 saturated heterocycles. The van der Waals surface area contributed by atoms with Crippen LogP contribution in [0, 0.1) is 5.92 Å². The molecule has 0 atom stereocenters. The van der Waals surface area contributed by atoms with Crippen LogP contribution in [-0.2, 0) is 23.2 Å². The Hall–Kier alpha value is 1.03. The number of hydrogen-bond donors (Lipinski definition) is 0. The Labute approximate surface area is 80.8 Å². The Kier molecular flexibility index (Phi) is 129. The molecular formula is C4H13Cl2MoNO-2. The van der Waals surface area contributed by atoms with Crippen LogP contribution in [0.1, 0.15) is 20.8 Å². The van der Waals surface area contributed by atoms with E-state index < -0.39 is 0 Å². The molecule has 0 aromatic carbocycles. The van der Waals surface area contributed by atoms with Gasteiger partial charge in [0.25, 0.3) is 0 Å². The van der Waals surface area contributed by atoms with Crippen LogP contribution in [0.4, 0.5) is 0 Å². The second-order valence-corrected chi connectivity index (χ2v) is 1.50. The van der Waals surface area contributed by atoms with Crippen LogP contribution < -0.4 is 0 Å². The van der Waals surface area contributed by atoms with Crippen molar-refractivity contribution in [1.82, 2.24) is 0 Å². The molecule has 62 valence electrons. The molecule has 2 N–H and O–H groups in total. The van der Waals surface area contributed by atoms with Gasteiger partial charge >= 0.3 is 23.2 Å². The van der Waals surface area contributed by atoms with E-state index in [4.69, 9.17) is 3.40 Å². The molecular weight excluding hydrogens is 245 g/mol. The standard InChI is InChI=1S/C4H9.2ClH.Mo.H2N.O/c1-4(2)3;;;;;/h1-3H3;2*1H;;1H2;/q-1;;;;-1;. The summed E-state index contributed by atoms with van der Waals surface area (Å²) in [6.07, 6.45) is 0. The van der Waals surface area contributed by atoms with E-state index in [9.17, 15) is 0 Å². The molecule has 0 radical (unpaired) electrons. The molecule has 0 aliphatic rings. The van der Waals surface area contributed by atoms with E-state index in [0.29, 0.717) is 19.8 Å². The first-order valence-corrected chi connectivity index (χ1v) is 2.49. The van der Waals surface area contributed by atoms with Crippen LogP contribution in [0.3, 0.4) is 0 Å². The van der Waals surface area contributed by atoms with Crippen molar-refractivity contribution < 1.29 is 23.2 Å². The zero-order chi connectivity index (χ0) is 5.58. The van der Waals surface area contributed by atoms with Crippen LogP contribution >= 0.6 is 24.8 Å². The summed E-state index contributed by atoms with van der Waals surface area (Å²) in [7, 11) is 0. The fraction of sp³-hybridized carbons (Fsp3) is 0.750. The molecule has 0 bridgehead atoms. The summed E-state index contributed by atoms with van der Waals surface area (Å²) < 4.78 is 8.26. The second-order valence-electron chi connectivity index (χ2n) is 1.50. The zero-order valence-electron chi connectivity index (χ0n) is 5.71. The Morgan fingerprint density at radius 3 is 1.00 bits per heavy atom. The Balaban J connectivity index is -0.00000000990. The van der Waals surface area contributed by atoms with E-state index in [1.165, 1.54) is 5.92 Å². The van der Waals surface area contributed by atoms with E-state index >= 15 is 0 Å². The molecule has 0 aromatic heterocycles. The predicted octanol–water partition coefficient (Wildman–Crippen LogP) is 3.06. The van der Waals surface area contributed by atoms with Gasteiger partial charge in [-0.25, -0.2) is 0 Å². The topological polar surface area (TPSA) is 50.6 Å². The van der Waals surface area contributed by atoms with Gasteiger partial charge < -0.3 is 12.1 Å². The first-order chi connectivity index (χ1) is 2.73. The predicted molar refractivity (Wildman–Crippen MR) is 40.7 cm³/mol. The fourth-order valence-corrected chi connectivity index (χ4v) is 0. The van der Waals surface area contributed by atoms with Crippen LogP contribution in [-0.4, -0.2) is 0 Å². The third-order valence-electron chi connectivity index (χ3n) is 0. The summed E-state index contributed by atoms with van der Waals surface area (Å²) in [5.41, 5.74) is 0. The summed E-state index contributed by atoms with van der Waals surface area (Å²) >= 11 is 0.700. The van der Waals surface area contributed by atoms with Crippen LogP contribution in [0.25, 0.3) is 6.15 Å². The minimum absolute atomic E-state index is 0. The van der Waals surface area contributed by atoms with Crippen LogP contribution in [0.15, 0.2) is 0 Å².